The van der Waals surface area contributed by atoms with Gasteiger partial charge in [0.2, 0.25) is 0 Å². The van der Waals surface area contributed by atoms with Gasteiger partial charge in [-0.1, -0.05) is 162 Å². The van der Waals surface area contributed by atoms with Gasteiger partial charge in [0.25, 0.3) is 0 Å². The van der Waals surface area contributed by atoms with Gasteiger partial charge in [-0.25, -0.2) is 0 Å². The average molecular weight is 672 g/mol. The Hall–Kier alpha value is -2.54. The minimum Gasteiger partial charge on any atom is -0.0655 e. The molecule has 0 saturated heterocycles. The first kappa shape index (κ1) is 32.8. The van der Waals surface area contributed by atoms with Crippen LogP contribution in [0.25, 0.3) is 34.4 Å². The minimum atomic E-state index is -0.264. The minimum absolute atomic E-state index is 0. The average Bonchev–Trinajstić information content (AvgIpc) is 3.47. The molecule has 2 aliphatic carbocycles. The zero-order valence-electron chi connectivity index (χ0n) is 28.0. The number of allylic oxidation sites excluding steroid dienone is 2. The normalized spacial score (nSPS) is 17.7. The van der Waals surface area contributed by atoms with Crippen LogP contribution >= 0.6 is 0 Å². The molecule has 0 saturated carbocycles. The summed E-state index contributed by atoms with van der Waals surface area (Å²) in [6, 6.07) is 35.2. The summed E-state index contributed by atoms with van der Waals surface area (Å²) in [5, 5.41) is 0. The van der Waals surface area contributed by atoms with Gasteiger partial charge in [0.1, 0.15) is 0 Å². The number of hydrogen-bond donors (Lipinski definition) is 0. The van der Waals surface area contributed by atoms with Crippen molar-refractivity contribution in [1.82, 2.24) is 0 Å². The molecular weight excluding hydrogens is 624 g/mol. The number of benzene rings is 4. The molecule has 2 heteroatoms. The summed E-state index contributed by atoms with van der Waals surface area (Å²) in [5.74, 6) is 1.15. The van der Waals surface area contributed by atoms with Gasteiger partial charge in [0, 0.05) is 47.6 Å². The molecule has 0 radical (unpaired) electrons. The maximum Gasteiger partial charge on any atom is 0.0218 e. The summed E-state index contributed by atoms with van der Waals surface area (Å²) >= 11 is 0. The molecule has 0 fully saturated rings. The van der Waals surface area contributed by atoms with E-state index in [1.807, 2.05) is 0 Å². The molecule has 0 heterocycles. The van der Waals surface area contributed by atoms with Gasteiger partial charge in [-0.15, -0.1) is 0 Å². The first-order valence-electron chi connectivity index (χ1n) is 16.3. The standard InChI is InChI=1S/C42H48Si.Zr/c1-27-23-37-33(29-15-19-31(20-16-29)41(3,4)5)11-9-13-35(37)39(27)25-43-26-40-28(2)24-38-34(12-10-14-36(38)40)30-17-21-32(22-18-30)42(6,7)8;/h9-24,39-40H,25-26,43H2,1-8H3;. The van der Waals surface area contributed by atoms with Crippen molar-refractivity contribution in [2.24, 2.45) is 0 Å². The number of fused-ring (bicyclic) bond motifs is 2. The van der Waals surface area contributed by atoms with Gasteiger partial charge in [-0.2, -0.15) is 0 Å². The van der Waals surface area contributed by atoms with E-state index in [1.165, 1.54) is 56.6 Å². The van der Waals surface area contributed by atoms with Gasteiger partial charge < -0.3 is 0 Å². The van der Waals surface area contributed by atoms with E-state index in [-0.39, 0.29) is 46.6 Å². The molecule has 44 heavy (non-hydrogen) atoms. The van der Waals surface area contributed by atoms with E-state index in [4.69, 9.17) is 0 Å². The number of rotatable bonds is 6. The summed E-state index contributed by atoms with van der Waals surface area (Å²) in [5.41, 5.74) is 17.6. The molecule has 0 aromatic heterocycles. The Balaban J connectivity index is 0.00000384. The summed E-state index contributed by atoms with van der Waals surface area (Å²) in [6.07, 6.45) is 4.96. The topological polar surface area (TPSA) is 0 Å². The van der Waals surface area contributed by atoms with Gasteiger partial charge >= 0.3 is 0 Å². The summed E-state index contributed by atoms with van der Waals surface area (Å²) in [4.78, 5) is 0. The van der Waals surface area contributed by atoms with Crippen molar-refractivity contribution in [2.75, 3.05) is 0 Å². The van der Waals surface area contributed by atoms with Crippen molar-refractivity contribution < 1.29 is 26.2 Å². The smallest absolute Gasteiger partial charge is 0.0218 e. The molecular formula is C42H48SiZr. The third-order valence-corrected chi connectivity index (χ3v) is 12.0. The Morgan fingerprint density at radius 2 is 0.886 bits per heavy atom. The Morgan fingerprint density at radius 3 is 1.23 bits per heavy atom. The summed E-state index contributed by atoms with van der Waals surface area (Å²) in [6.45, 7) is 18.4. The van der Waals surface area contributed by atoms with Crippen LogP contribution in [0.5, 0.6) is 0 Å². The SMILES string of the molecule is CC1=Cc2c(-c3ccc(C(C)(C)C)cc3)cccc2C1C[SiH2]CC1C(C)=Cc2c(-c3ccc(C(C)(C)C)cc3)cccc21.[Zr]. The first-order chi connectivity index (χ1) is 20.4. The summed E-state index contributed by atoms with van der Waals surface area (Å²) in [7, 11) is -0.264. The van der Waals surface area contributed by atoms with Gasteiger partial charge in [0.05, 0.1) is 0 Å². The fourth-order valence-electron chi connectivity index (χ4n) is 7.34. The zero-order valence-corrected chi connectivity index (χ0v) is 31.9. The summed E-state index contributed by atoms with van der Waals surface area (Å²) < 4.78 is 0. The molecule has 2 unspecified atom stereocenters. The van der Waals surface area contributed by atoms with Gasteiger partial charge in [-0.05, 0) is 80.3 Å². The van der Waals surface area contributed by atoms with Crippen molar-refractivity contribution in [1.29, 1.82) is 0 Å². The number of hydrogen-bond acceptors (Lipinski definition) is 0. The maximum atomic E-state index is 2.48. The van der Waals surface area contributed by atoms with Crippen molar-refractivity contribution in [2.45, 2.75) is 90.1 Å². The third kappa shape index (κ3) is 6.41. The maximum absolute atomic E-state index is 2.48. The van der Waals surface area contributed by atoms with E-state index in [2.05, 4.69) is 152 Å². The first-order valence-corrected chi connectivity index (χ1v) is 18.3. The quantitative estimate of drug-likeness (QED) is 0.179. The molecule has 0 bridgehead atoms. The Bertz CT molecular complexity index is 1580. The van der Waals surface area contributed by atoms with Crippen LogP contribution in [0, 0.1) is 0 Å². The Labute approximate surface area is 288 Å². The molecule has 2 atom stereocenters. The van der Waals surface area contributed by atoms with E-state index >= 15 is 0 Å². The van der Waals surface area contributed by atoms with Gasteiger partial charge in [0.15, 0.2) is 0 Å². The Morgan fingerprint density at radius 1 is 0.523 bits per heavy atom. The van der Waals surface area contributed by atoms with Crippen molar-refractivity contribution >= 4 is 21.7 Å². The van der Waals surface area contributed by atoms with Crippen LogP contribution in [0.2, 0.25) is 12.1 Å². The van der Waals surface area contributed by atoms with E-state index in [1.54, 1.807) is 22.3 Å². The second kappa shape index (κ2) is 12.7. The van der Waals surface area contributed by atoms with Crippen LogP contribution in [-0.4, -0.2) is 9.52 Å². The van der Waals surface area contributed by atoms with Crippen LogP contribution < -0.4 is 0 Å². The van der Waals surface area contributed by atoms with Crippen LogP contribution in [0.4, 0.5) is 0 Å². The zero-order chi connectivity index (χ0) is 30.5. The third-order valence-electron chi connectivity index (χ3n) is 9.98. The van der Waals surface area contributed by atoms with E-state index < -0.39 is 0 Å². The molecule has 0 amide bonds. The molecule has 4 aromatic carbocycles. The predicted octanol–water partition coefficient (Wildman–Crippen LogP) is 11.3. The predicted molar refractivity (Wildman–Crippen MR) is 192 cm³/mol. The second-order valence-corrected chi connectivity index (χ2v) is 16.9. The molecule has 0 spiro atoms. The van der Waals surface area contributed by atoms with Crippen LogP contribution in [0.15, 0.2) is 96.1 Å². The van der Waals surface area contributed by atoms with E-state index in [0.29, 0.717) is 11.8 Å². The molecule has 4 aromatic rings. The molecule has 0 nitrogen and oxygen atoms in total. The van der Waals surface area contributed by atoms with Gasteiger partial charge in [-0.3, -0.25) is 0 Å². The van der Waals surface area contributed by atoms with E-state index in [9.17, 15) is 0 Å². The van der Waals surface area contributed by atoms with Crippen molar-refractivity contribution in [3.8, 4) is 22.3 Å². The van der Waals surface area contributed by atoms with Crippen molar-refractivity contribution in [3.05, 3.63) is 129 Å². The van der Waals surface area contributed by atoms with Crippen LogP contribution in [0.1, 0.15) is 101 Å². The second-order valence-electron chi connectivity index (χ2n) is 15.1. The van der Waals surface area contributed by atoms with Crippen LogP contribution in [0.3, 0.4) is 0 Å². The van der Waals surface area contributed by atoms with Crippen molar-refractivity contribution in [3.63, 3.8) is 0 Å². The largest absolute Gasteiger partial charge is 0.0655 e. The molecule has 0 N–H and O–H groups in total. The molecule has 6 rings (SSSR count). The fourth-order valence-corrected chi connectivity index (χ4v) is 9.92. The molecule has 224 valence electrons. The van der Waals surface area contributed by atoms with E-state index in [0.717, 1.165) is 0 Å². The fraction of sp³-hybridized carbons (Fsp3) is 0.333. The molecule has 0 aliphatic heterocycles. The van der Waals surface area contributed by atoms with Crippen LogP contribution in [-0.2, 0) is 37.0 Å². The monoisotopic (exact) mass is 670 g/mol. The molecule has 2 aliphatic rings. The Kier molecular flexibility index (Phi) is 9.47.